The highest BCUT2D eigenvalue weighted by Gasteiger charge is 2.59. The van der Waals surface area contributed by atoms with Crippen LogP contribution in [0.15, 0.2) is 0 Å². The molecule has 0 N–H and O–H groups in total. The van der Waals surface area contributed by atoms with Crippen LogP contribution in [0.5, 0.6) is 0 Å². The largest absolute Gasteiger partial charge is 0.341 e. The van der Waals surface area contributed by atoms with Gasteiger partial charge in [0.1, 0.15) is 24.4 Å². The first-order valence-electron chi connectivity index (χ1n) is 7.58. The van der Waals surface area contributed by atoms with Crippen LogP contribution in [0.25, 0.3) is 0 Å². The highest BCUT2D eigenvalue weighted by molar-refractivity contribution is 7.86. The van der Waals surface area contributed by atoms with E-state index in [4.69, 9.17) is 22.6 Å². The number of ether oxygens (including phenoxy) is 3. The van der Waals surface area contributed by atoms with Gasteiger partial charge in [-0.25, -0.2) is 0 Å². The van der Waals surface area contributed by atoms with Crippen molar-refractivity contribution < 1.29 is 52.0 Å². The molecule has 2 aliphatic rings. The van der Waals surface area contributed by atoms with Gasteiger partial charge in [0.25, 0.3) is 30.4 Å². The third-order valence-electron chi connectivity index (χ3n) is 3.42. The quantitative estimate of drug-likeness (QED) is 0.393. The SMILES string of the molecule is CC1(C)O[C@H]2O[C@@H]([C@@H](COS(C)(=O)=O)OS(C)(=O)=O)[C@H](OS(C)(=O)=O)[C@@H]2O1. The zero-order valence-corrected chi connectivity index (χ0v) is 17.7. The molecular formula is C12H22O12S3. The van der Waals surface area contributed by atoms with Gasteiger partial charge in [0, 0.05) is 0 Å². The van der Waals surface area contributed by atoms with E-state index in [1.54, 1.807) is 13.8 Å². The molecule has 0 aromatic rings. The Kier molecular flexibility index (Phi) is 6.32. The fraction of sp³-hybridized carbons (Fsp3) is 1.00. The Bertz CT molecular complexity index is 859. The topological polar surface area (TPSA) is 158 Å². The van der Waals surface area contributed by atoms with Crippen molar-refractivity contribution in [3.8, 4) is 0 Å². The number of hydrogen-bond donors (Lipinski definition) is 0. The molecule has 5 atom stereocenters. The summed E-state index contributed by atoms with van der Waals surface area (Å²) in [6, 6.07) is 0. The van der Waals surface area contributed by atoms with Gasteiger partial charge in [-0.05, 0) is 13.8 Å². The fourth-order valence-electron chi connectivity index (χ4n) is 2.71. The second-order valence-corrected chi connectivity index (χ2v) is 11.5. The molecule has 0 amide bonds. The number of fused-ring (bicyclic) bond motifs is 1. The van der Waals surface area contributed by atoms with Gasteiger partial charge in [0.05, 0.1) is 25.4 Å². The molecule has 0 aromatic carbocycles. The van der Waals surface area contributed by atoms with E-state index in [2.05, 4.69) is 4.18 Å². The van der Waals surface area contributed by atoms with Crippen LogP contribution in [0.1, 0.15) is 13.8 Å². The maximum Gasteiger partial charge on any atom is 0.264 e. The van der Waals surface area contributed by atoms with E-state index >= 15 is 0 Å². The summed E-state index contributed by atoms with van der Waals surface area (Å²) in [5.74, 6) is -1.10. The molecule has 15 heteroatoms. The molecule has 0 spiro atoms. The molecule has 0 saturated carbocycles. The summed E-state index contributed by atoms with van der Waals surface area (Å²) in [6.07, 6.45) is -4.10. The van der Waals surface area contributed by atoms with Crippen molar-refractivity contribution in [2.75, 3.05) is 25.4 Å². The molecule has 27 heavy (non-hydrogen) atoms. The van der Waals surface area contributed by atoms with Crippen molar-refractivity contribution in [1.29, 1.82) is 0 Å². The molecule has 0 aromatic heterocycles. The van der Waals surface area contributed by atoms with Gasteiger partial charge in [-0.2, -0.15) is 25.3 Å². The van der Waals surface area contributed by atoms with Gasteiger partial charge in [0.15, 0.2) is 12.1 Å². The highest BCUT2D eigenvalue weighted by Crippen LogP contribution is 2.40. The van der Waals surface area contributed by atoms with Crippen LogP contribution in [0.2, 0.25) is 0 Å². The molecule has 2 aliphatic heterocycles. The van der Waals surface area contributed by atoms with Crippen LogP contribution in [-0.2, 0) is 57.1 Å². The number of rotatable bonds is 8. The molecule has 2 saturated heterocycles. The Labute approximate surface area is 158 Å². The van der Waals surface area contributed by atoms with E-state index in [0.717, 1.165) is 18.8 Å². The molecule has 0 radical (unpaired) electrons. The molecule has 0 unspecified atom stereocenters. The van der Waals surface area contributed by atoms with Crippen molar-refractivity contribution in [3.05, 3.63) is 0 Å². The van der Waals surface area contributed by atoms with Crippen molar-refractivity contribution in [3.63, 3.8) is 0 Å². The van der Waals surface area contributed by atoms with Crippen molar-refractivity contribution in [1.82, 2.24) is 0 Å². The average molecular weight is 454 g/mol. The molecule has 160 valence electrons. The molecule has 2 rings (SSSR count). The third kappa shape index (κ3) is 6.86. The minimum Gasteiger partial charge on any atom is -0.341 e. The van der Waals surface area contributed by atoms with E-state index in [9.17, 15) is 25.3 Å². The van der Waals surface area contributed by atoms with Crippen LogP contribution >= 0.6 is 0 Å². The van der Waals surface area contributed by atoms with E-state index in [1.807, 2.05) is 0 Å². The molecular weight excluding hydrogens is 432 g/mol. The third-order valence-corrected chi connectivity index (χ3v) is 5.16. The first kappa shape index (κ1) is 22.9. The van der Waals surface area contributed by atoms with Crippen molar-refractivity contribution in [2.45, 2.75) is 50.3 Å². The molecule has 0 bridgehead atoms. The summed E-state index contributed by atoms with van der Waals surface area (Å²) in [6.45, 7) is 2.37. The maximum absolute atomic E-state index is 11.6. The van der Waals surface area contributed by atoms with Crippen LogP contribution in [0, 0.1) is 0 Å². The lowest BCUT2D eigenvalue weighted by Crippen LogP contribution is -2.47. The zero-order valence-electron chi connectivity index (χ0n) is 15.2. The summed E-state index contributed by atoms with van der Waals surface area (Å²) < 4.78 is 100. The van der Waals surface area contributed by atoms with E-state index in [1.165, 1.54) is 0 Å². The van der Waals surface area contributed by atoms with E-state index < -0.39 is 73.5 Å². The van der Waals surface area contributed by atoms with Crippen LogP contribution in [0.4, 0.5) is 0 Å². The van der Waals surface area contributed by atoms with Gasteiger partial charge in [-0.3, -0.25) is 12.5 Å². The van der Waals surface area contributed by atoms with Gasteiger partial charge < -0.3 is 14.2 Å². The first-order chi connectivity index (χ1) is 12.0. The maximum atomic E-state index is 11.6. The van der Waals surface area contributed by atoms with Crippen LogP contribution < -0.4 is 0 Å². The summed E-state index contributed by atoms with van der Waals surface area (Å²) >= 11 is 0. The summed E-state index contributed by atoms with van der Waals surface area (Å²) in [5, 5.41) is 0. The smallest absolute Gasteiger partial charge is 0.264 e. The van der Waals surface area contributed by atoms with E-state index in [0.29, 0.717) is 0 Å². The lowest BCUT2D eigenvalue weighted by atomic mass is 10.1. The Morgan fingerprint density at radius 3 is 2.00 bits per heavy atom. The van der Waals surface area contributed by atoms with Crippen LogP contribution in [0.3, 0.4) is 0 Å². The predicted molar refractivity (Wildman–Crippen MR) is 88.9 cm³/mol. The minimum atomic E-state index is -4.08. The molecule has 2 heterocycles. The summed E-state index contributed by atoms with van der Waals surface area (Å²) in [7, 11) is -12.0. The highest BCUT2D eigenvalue weighted by atomic mass is 32.2. The average Bonchev–Trinajstić information content (AvgIpc) is 2.84. The summed E-state index contributed by atoms with van der Waals surface area (Å²) in [4.78, 5) is 0. The Morgan fingerprint density at radius 2 is 1.52 bits per heavy atom. The second-order valence-electron chi connectivity index (χ2n) is 6.66. The Balaban J connectivity index is 2.33. The predicted octanol–water partition coefficient (Wildman–Crippen LogP) is -1.47. The fourth-order valence-corrected chi connectivity index (χ4v) is 4.33. The Hall–Kier alpha value is -0.390. The summed E-state index contributed by atoms with van der Waals surface area (Å²) in [5.41, 5.74) is 0. The van der Waals surface area contributed by atoms with Gasteiger partial charge in [-0.1, -0.05) is 0 Å². The first-order valence-corrected chi connectivity index (χ1v) is 13.0. The lowest BCUT2D eigenvalue weighted by molar-refractivity contribution is -0.222. The molecule has 0 aliphatic carbocycles. The Morgan fingerprint density at radius 1 is 0.926 bits per heavy atom. The van der Waals surface area contributed by atoms with Crippen molar-refractivity contribution >= 4 is 30.4 Å². The normalized spacial score (nSPS) is 32.3. The van der Waals surface area contributed by atoms with Gasteiger partial charge in [0.2, 0.25) is 0 Å². The van der Waals surface area contributed by atoms with Gasteiger partial charge >= 0.3 is 0 Å². The second kappa shape index (κ2) is 7.46. The lowest BCUT2D eigenvalue weighted by Gasteiger charge is -2.29. The monoisotopic (exact) mass is 454 g/mol. The van der Waals surface area contributed by atoms with Gasteiger partial charge in [-0.15, -0.1) is 0 Å². The zero-order chi connectivity index (χ0) is 20.8. The molecule has 2 fully saturated rings. The van der Waals surface area contributed by atoms with Crippen molar-refractivity contribution in [2.24, 2.45) is 0 Å². The van der Waals surface area contributed by atoms with E-state index in [-0.39, 0.29) is 0 Å². The molecule has 12 nitrogen and oxygen atoms in total. The minimum absolute atomic E-state index is 0.735. The number of hydrogen-bond acceptors (Lipinski definition) is 12. The van der Waals surface area contributed by atoms with Crippen LogP contribution in [-0.4, -0.2) is 87.1 Å². The standard InChI is InChI=1S/C12H22O12S3/c1-12(2)21-10-9(24-27(5,17)18)8(20-11(10)22-12)7(23-26(4,15)16)6-19-25(3,13)14/h7-11H,6H2,1-5H3/t7-,8+,9+,10+,11-/m1/s1.